The molecule has 2 rings (SSSR count). The number of hydrogen-bond donors (Lipinski definition) is 4. The standard InChI is InChI=1S/C23H26F2N6O2/c1-4-5-20(25)19(11-24)14(2)29-23(31-27)18-10-16(12-28-22(18)26)15-6-8-17(9-7-15)30-21(32)13-33-3/h4-10,12H,2,11,13,27H2,1,3H3,(H2,26,28)(H,29,31)(H,30,32)/b5-4-,20-19+. The van der Waals surface area contributed by atoms with E-state index in [4.69, 9.17) is 16.3 Å². The number of carbonyl (C=O) groups is 1. The fourth-order valence-corrected chi connectivity index (χ4v) is 2.80. The van der Waals surface area contributed by atoms with Crippen LogP contribution in [0.2, 0.25) is 0 Å². The average Bonchev–Trinajstić information content (AvgIpc) is 2.79. The van der Waals surface area contributed by atoms with Gasteiger partial charge in [-0.25, -0.2) is 24.6 Å². The lowest BCUT2D eigenvalue weighted by Crippen LogP contribution is -2.32. The molecule has 1 aromatic heterocycles. The van der Waals surface area contributed by atoms with Crippen LogP contribution in [0.1, 0.15) is 12.5 Å². The van der Waals surface area contributed by atoms with Gasteiger partial charge in [-0.3, -0.25) is 4.79 Å². The first-order chi connectivity index (χ1) is 15.8. The van der Waals surface area contributed by atoms with Gasteiger partial charge in [0.05, 0.1) is 11.3 Å². The molecule has 0 unspecified atom stereocenters. The van der Waals surface area contributed by atoms with Crippen molar-refractivity contribution in [1.29, 1.82) is 0 Å². The maximum Gasteiger partial charge on any atom is 0.250 e. The molecule has 0 aliphatic carbocycles. The number of benzene rings is 1. The van der Waals surface area contributed by atoms with E-state index in [0.717, 1.165) is 11.6 Å². The Morgan fingerprint density at radius 2 is 2.00 bits per heavy atom. The molecule has 1 aromatic carbocycles. The minimum absolute atomic E-state index is 0.0366. The number of alkyl halides is 1. The number of methoxy groups -OCH3 is 1. The Bertz CT molecular complexity index is 1090. The molecule has 0 aliphatic rings. The third kappa shape index (κ3) is 6.79. The smallest absolute Gasteiger partial charge is 0.250 e. The van der Waals surface area contributed by atoms with Crippen molar-refractivity contribution in [1.82, 2.24) is 10.4 Å². The van der Waals surface area contributed by atoms with Gasteiger partial charge in [-0.1, -0.05) is 24.8 Å². The van der Waals surface area contributed by atoms with Gasteiger partial charge in [-0.05, 0) is 36.8 Å². The number of carbonyl (C=O) groups excluding carboxylic acids is 1. The van der Waals surface area contributed by atoms with Gasteiger partial charge in [-0.15, -0.1) is 0 Å². The van der Waals surface area contributed by atoms with Crippen LogP contribution in [0.3, 0.4) is 0 Å². The number of amidine groups is 1. The van der Waals surface area contributed by atoms with Crippen molar-refractivity contribution in [2.24, 2.45) is 10.8 Å². The second-order valence-electron chi connectivity index (χ2n) is 6.73. The predicted octanol–water partition coefficient (Wildman–Crippen LogP) is 3.41. The zero-order chi connectivity index (χ0) is 24.4. The number of hydrazine groups is 1. The lowest BCUT2D eigenvalue weighted by atomic mass is 10.0. The summed E-state index contributed by atoms with van der Waals surface area (Å²) in [6, 6.07) is 8.68. The Balaban J connectivity index is 2.38. The van der Waals surface area contributed by atoms with Crippen LogP contribution in [0.4, 0.5) is 20.3 Å². The molecular formula is C23H26F2N6O2. The number of nitrogen functional groups attached to an aromatic ring is 1. The minimum atomic E-state index is -1.10. The summed E-state index contributed by atoms with van der Waals surface area (Å²) in [6.45, 7) is 4.09. The molecule has 174 valence electrons. The molecule has 33 heavy (non-hydrogen) atoms. The van der Waals surface area contributed by atoms with E-state index in [9.17, 15) is 13.6 Å². The van der Waals surface area contributed by atoms with Crippen LogP contribution < -0.4 is 22.3 Å². The molecule has 8 nitrogen and oxygen atoms in total. The number of allylic oxidation sites excluding steroid dienone is 4. The summed E-state index contributed by atoms with van der Waals surface area (Å²) in [4.78, 5) is 19.9. The van der Waals surface area contributed by atoms with E-state index < -0.39 is 12.5 Å². The van der Waals surface area contributed by atoms with Gasteiger partial charge in [-0.2, -0.15) is 0 Å². The Kier molecular flexibility index (Phi) is 9.40. The van der Waals surface area contributed by atoms with Crippen molar-refractivity contribution in [2.75, 3.05) is 31.4 Å². The van der Waals surface area contributed by atoms with Crippen molar-refractivity contribution in [2.45, 2.75) is 6.92 Å². The number of aromatic nitrogens is 1. The Morgan fingerprint density at radius 1 is 1.30 bits per heavy atom. The molecule has 0 atom stereocenters. The number of nitrogens with one attached hydrogen (secondary N) is 2. The second-order valence-corrected chi connectivity index (χ2v) is 6.73. The lowest BCUT2D eigenvalue weighted by molar-refractivity contribution is -0.119. The Labute approximate surface area is 190 Å². The maximum absolute atomic E-state index is 14.1. The summed E-state index contributed by atoms with van der Waals surface area (Å²) in [5, 5.41) is 2.70. The number of nitrogens with two attached hydrogens (primary N) is 2. The van der Waals surface area contributed by atoms with Gasteiger partial charge in [0.1, 0.15) is 24.9 Å². The topological polar surface area (TPSA) is 128 Å². The summed E-state index contributed by atoms with van der Waals surface area (Å²) < 4.78 is 32.3. The van der Waals surface area contributed by atoms with Crippen molar-refractivity contribution in [3.05, 3.63) is 77.9 Å². The van der Waals surface area contributed by atoms with Gasteiger partial charge >= 0.3 is 0 Å². The van der Waals surface area contributed by atoms with E-state index in [1.54, 1.807) is 43.5 Å². The van der Waals surface area contributed by atoms with E-state index in [1.807, 2.05) is 0 Å². The van der Waals surface area contributed by atoms with Crippen molar-refractivity contribution in [3.63, 3.8) is 0 Å². The summed E-state index contributed by atoms with van der Waals surface area (Å²) >= 11 is 0. The van der Waals surface area contributed by atoms with Crippen LogP contribution in [0.15, 0.2) is 77.3 Å². The summed E-state index contributed by atoms with van der Waals surface area (Å²) in [6.07, 6.45) is 4.10. The predicted molar refractivity (Wildman–Crippen MR) is 127 cm³/mol. The number of anilines is 2. The van der Waals surface area contributed by atoms with Gasteiger partial charge in [0.2, 0.25) is 5.91 Å². The molecule has 6 N–H and O–H groups in total. The minimum Gasteiger partial charge on any atom is -0.383 e. The molecule has 1 heterocycles. The fourth-order valence-electron chi connectivity index (χ4n) is 2.80. The van der Waals surface area contributed by atoms with Crippen molar-refractivity contribution < 1.29 is 18.3 Å². The number of amides is 1. The van der Waals surface area contributed by atoms with Gasteiger partial charge in [0.15, 0.2) is 5.84 Å². The van der Waals surface area contributed by atoms with Crippen molar-refractivity contribution >= 4 is 23.2 Å². The van der Waals surface area contributed by atoms with E-state index in [0.29, 0.717) is 16.8 Å². The van der Waals surface area contributed by atoms with E-state index in [-0.39, 0.29) is 35.4 Å². The summed E-state index contributed by atoms with van der Waals surface area (Å²) in [5.74, 6) is 4.68. The molecule has 1 amide bonds. The largest absolute Gasteiger partial charge is 0.383 e. The highest BCUT2D eigenvalue weighted by Gasteiger charge is 2.14. The zero-order valence-corrected chi connectivity index (χ0v) is 18.4. The molecule has 0 spiro atoms. The summed E-state index contributed by atoms with van der Waals surface area (Å²) in [5.41, 5.74) is 10.3. The first-order valence-corrected chi connectivity index (χ1v) is 9.81. The second kappa shape index (κ2) is 12.2. The maximum atomic E-state index is 14.1. The van der Waals surface area contributed by atoms with Gasteiger partial charge in [0, 0.05) is 30.1 Å². The first kappa shape index (κ1) is 25.4. The Hall–Kier alpha value is -3.89. The summed E-state index contributed by atoms with van der Waals surface area (Å²) in [7, 11) is 1.44. The van der Waals surface area contributed by atoms with Gasteiger partial charge < -0.3 is 21.2 Å². The number of ether oxygens (including phenoxy) is 1. The first-order valence-electron chi connectivity index (χ1n) is 9.81. The Morgan fingerprint density at radius 3 is 2.58 bits per heavy atom. The van der Waals surface area contributed by atoms with Crippen LogP contribution in [-0.2, 0) is 9.53 Å². The van der Waals surface area contributed by atoms with Crippen LogP contribution >= 0.6 is 0 Å². The average molecular weight is 456 g/mol. The number of pyridine rings is 1. The highest BCUT2D eigenvalue weighted by Crippen LogP contribution is 2.25. The van der Waals surface area contributed by atoms with Gasteiger partial charge in [0.25, 0.3) is 0 Å². The molecule has 0 saturated heterocycles. The number of hydrogen-bond acceptors (Lipinski definition) is 6. The molecule has 0 fully saturated rings. The number of halogens is 2. The molecule has 0 radical (unpaired) electrons. The number of aliphatic imine (C=N–C) groups is 1. The van der Waals surface area contributed by atoms with Crippen LogP contribution in [0, 0.1) is 0 Å². The molecule has 0 aliphatic heterocycles. The number of nitrogens with zero attached hydrogens (tertiary/aromatic N) is 2. The SMILES string of the molecule is C=C(N=C(NN)c1cc(-c2ccc(NC(=O)COC)cc2)cnc1N)/C(CF)=C(F)\C=C/C. The molecular weight excluding hydrogens is 430 g/mol. The number of rotatable bonds is 9. The fraction of sp³-hybridized carbons (Fsp3) is 0.174. The third-order valence-corrected chi connectivity index (χ3v) is 4.42. The molecule has 0 bridgehead atoms. The monoisotopic (exact) mass is 456 g/mol. The highest BCUT2D eigenvalue weighted by molar-refractivity contribution is 6.03. The van der Waals surface area contributed by atoms with E-state index >= 15 is 0 Å². The van der Waals surface area contributed by atoms with Crippen LogP contribution in [0.25, 0.3) is 11.1 Å². The molecule has 10 heteroatoms. The quantitative estimate of drug-likeness (QED) is 0.151. The third-order valence-electron chi connectivity index (χ3n) is 4.42. The van der Waals surface area contributed by atoms with Crippen LogP contribution in [0.5, 0.6) is 0 Å². The molecule has 2 aromatic rings. The lowest BCUT2D eigenvalue weighted by Gasteiger charge is -2.12. The van der Waals surface area contributed by atoms with E-state index in [2.05, 4.69) is 27.3 Å². The van der Waals surface area contributed by atoms with Crippen LogP contribution in [-0.4, -0.2) is 37.1 Å². The zero-order valence-electron chi connectivity index (χ0n) is 18.4. The van der Waals surface area contributed by atoms with Crippen molar-refractivity contribution in [3.8, 4) is 11.1 Å². The highest BCUT2D eigenvalue weighted by atomic mass is 19.1. The normalized spacial score (nSPS) is 12.5. The molecule has 0 saturated carbocycles. The van der Waals surface area contributed by atoms with E-state index in [1.165, 1.54) is 13.2 Å².